The van der Waals surface area contributed by atoms with Crippen molar-refractivity contribution in [3.05, 3.63) is 449 Å². The number of aromatic nitrogens is 6. The van der Waals surface area contributed by atoms with Crippen LogP contribution < -0.4 is 14.2 Å². The summed E-state index contributed by atoms with van der Waals surface area (Å²) in [7, 11) is 0. The quantitative estimate of drug-likeness (QED) is 0.134. The zero-order chi connectivity index (χ0) is 85.4. The number of hydrogen-bond donors (Lipinski definition) is 0. The van der Waals surface area contributed by atoms with Crippen molar-refractivity contribution >= 4 is 109 Å². The minimum Gasteiger partial charge on any atom is -0.453 e. The summed E-state index contributed by atoms with van der Waals surface area (Å²) >= 11 is 0. The number of para-hydroxylation sites is 9. The minimum absolute atomic E-state index is 0.821. The van der Waals surface area contributed by atoms with Gasteiger partial charge in [-0.2, -0.15) is 0 Å². The van der Waals surface area contributed by atoms with E-state index in [4.69, 9.17) is 29.2 Å². The van der Waals surface area contributed by atoms with Crippen LogP contribution in [-0.2, 0) is 0 Å². The zero-order valence-corrected chi connectivity index (χ0v) is 70.1. The normalized spacial score (nSPS) is 12.0. The fraction of sp³-hybridized carbons (Fsp3) is 0. The lowest BCUT2D eigenvalue weighted by Gasteiger charge is -2.23. The predicted molar refractivity (Wildman–Crippen MR) is 535 cm³/mol. The van der Waals surface area contributed by atoms with Gasteiger partial charge in [0.1, 0.15) is 34.0 Å². The van der Waals surface area contributed by atoms with E-state index in [0.29, 0.717) is 0 Å². The summed E-state index contributed by atoms with van der Waals surface area (Å²) in [5.41, 5.74) is 26.7. The number of imidazole rings is 3. The van der Waals surface area contributed by atoms with E-state index >= 15 is 0 Å². The Morgan fingerprint density at radius 1 is 0.154 bits per heavy atom. The van der Waals surface area contributed by atoms with Gasteiger partial charge in [-0.05, 0) is 233 Å². The number of fused-ring (bicyclic) bond motifs is 13. The molecule has 22 aromatic carbocycles. The average Bonchev–Trinajstić information content (AvgIpc) is 0.978. The van der Waals surface area contributed by atoms with E-state index in [9.17, 15) is 0 Å². The van der Waals surface area contributed by atoms with Crippen molar-refractivity contribution in [1.29, 1.82) is 0 Å². The van der Waals surface area contributed by atoms with Gasteiger partial charge in [0, 0.05) is 16.7 Å². The molecule has 130 heavy (non-hydrogen) atoms. The molecule has 25 aromatic rings. The molecule has 0 radical (unpaired) electrons. The second-order valence-corrected chi connectivity index (χ2v) is 33.4. The van der Waals surface area contributed by atoms with E-state index in [2.05, 4.69) is 384 Å². The Hall–Kier alpha value is -17.5. The zero-order valence-electron chi connectivity index (χ0n) is 70.1. The molecule has 6 heterocycles. The van der Waals surface area contributed by atoms with Crippen molar-refractivity contribution < 1.29 is 14.2 Å². The molecule has 0 N–H and O–H groups in total. The van der Waals surface area contributed by atoms with Crippen LogP contribution in [0.15, 0.2) is 449 Å². The van der Waals surface area contributed by atoms with Crippen LogP contribution in [0, 0.1) is 0 Å². The average molecular weight is 1660 g/mol. The Morgan fingerprint density at radius 2 is 0.438 bits per heavy atom. The van der Waals surface area contributed by atoms with Gasteiger partial charge in [0.25, 0.3) is 0 Å². The summed E-state index contributed by atoms with van der Waals surface area (Å²) in [4.78, 5) is 15.6. The summed E-state index contributed by atoms with van der Waals surface area (Å²) in [6.45, 7) is 0. The third kappa shape index (κ3) is 11.9. The van der Waals surface area contributed by atoms with Crippen LogP contribution >= 0.6 is 0 Å². The summed E-state index contributed by atoms with van der Waals surface area (Å²) < 4.78 is 25.7. The van der Waals surface area contributed by atoms with Crippen molar-refractivity contribution in [3.63, 3.8) is 0 Å². The molecule has 0 saturated carbocycles. The number of ether oxygens (including phenoxy) is 3. The van der Waals surface area contributed by atoms with Crippen molar-refractivity contribution in [2.75, 3.05) is 0 Å². The van der Waals surface area contributed by atoms with E-state index in [-0.39, 0.29) is 0 Å². The predicted octanol–water partition coefficient (Wildman–Crippen LogP) is 32.5. The van der Waals surface area contributed by atoms with Gasteiger partial charge >= 0.3 is 0 Å². The number of nitrogens with zero attached hydrogens (tertiary/aromatic N) is 6. The summed E-state index contributed by atoms with van der Waals surface area (Å²) in [6, 6.07) is 159. The van der Waals surface area contributed by atoms with Gasteiger partial charge < -0.3 is 14.2 Å². The molecule has 0 fully saturated rings. The second kappa shape index (κ2) is 30.1. The molecular formula is C121H74N6O3. The lowest BCUT2D eigenvalue weighted by atomic mass is 9.86. The summed E-state index contributed by atoms with van der Waals surface area (Å²) in [6.07, 6.45) is 0. The van der Waals surface area contributed by atoms with Crippen LogP contribution in [0.25, 0.3) is 226 Å². The molecule has 9 nitrogen and oxygen atoms in total. The molecule has 0 unspecified atom stereocenters. The van der Waals surface area contributed by atoms with Crippen LogP contribution in [0.3, 0.4) is 0 Å². The summed E-state index contributed by atoms with van der Waals surface area (Å²) in [5, 5.41) is 17.2. The molecule has 9 heteroatoms. The van der Waals surface area contributed by atoms with E-state index < -0.39 is 0 Å². The maximum absolute atomic E-state index is 6.40. The first-order valence-electron chi connectivity index (χ1n) is 44.1. The van der Waals surface area contributed by atoms with E-state index in [1.54, 1.807) is 0 Å². The third-order valence-electron chi connectivity index (χ3n) is 26.1. The fourth-order valence-electron chi connectivity index (χ4n) is 20.5. The first-order chi connectivity index (χ1) is 64.5. The minimum atomic E-state index is 0.821. The Labute approximate surface area is 747 Å². The number of hydrogen-bond acceptors (Lipinski definition) is 6. The van der Waals surface area contributed by atoms with E-state index in [1.807, 2.05) is 78.9 Å². The van der Waals surface area contributed by atoms with E-state index in [1.165, 1.54) is 142 Å². The second-order valence-electron chi connectivity index (χ2n) is 33.4. The Morgan fingerprint density at radius 3 is 0.885 bits per heavy atom. The highest BCUT2D eigenvalue weighted by Gasteiger charge is 2.32. The first kappa shape index (κ1) is 73.9. The van der Waals surface area contributed by atoms with Gasteiger partial charge in [-0.25, -0.2) is 15.0 Å². The van der Waals surface area contributed by atoms with Gasteiger partial charge in [-0.1, -0.05) is 358 Å². The molecule has 0 bridgehead atoms. The maximum Gasteiger partial charge on any atom is 0.153 e. The standard InChI is InChI=1S/C43H26N2O.2C39H24N2O/c1-2-11-27(12-3-1)30-23-24-34-35(26-30)41(43-44-36-17-10-20-39-42(36)45(43)37-18-8-9-19-38(37)46-39)33-16-7-6-15-32(33)40(34)31-22-21-28-13-4-5-14-29(28)25-31;1-2-12-25(13-3-1)36-28-16-4-6-18-30(28)37(31-19-7-5-17-29(31)36)26-14-10-15-27(24-26)39-40-32-20-11-23-35-38(32)41(39)33-21-8-9-22-34(33)42-35;1-2-11-25(12-3-1)36-28-13-4-6-15-30(28)37(31-16-7-5-14-29(31)36)26-21-23-27(24-22-26)39-40-32-17-10-20-35-38(32)41(39)33-18-8-9-19-34(33)42-35/h1-26H;2*1-24H. The molecule has 0 aliphatic carbocycles. The maximum atomic E-state index is 6.40. The smallest absolute Gasteiger partial charge is 0.153 e. The van der Waals surface area contributed by atoms with Gasteiger partial charge in [0.05, 0.1) is 33.6 Å². The molecule has 3 aliphatic heterocycles. The van der Waals surface area contributed by atoms with Crippen molar-refractivity contribution in [3.8, 4) is 152 Å². The molecule has 606 valence electrons. The van der Waals surface area contributed by atoms with Crippen LogP contribution in [0.1, 0.15) is 0 Å². The number of benzene rings is 22. The Balaban J connectivity index is 0.000000103. The van der Waals surface area contributed by atoms with Crippen LogP contribution in [0.5, 0.6) is 34.5 Å². The lowest BCUT2D eigenvalue weighted by molar-refractivity contribution is 0.475. The largest absolute Gasteiger partial charge is 0.453 e. The van der Waals surface area contributed by atoms with Gasteiger partial charge in [0.15, 0.2) is 34.5 Å². The van der Waals surface area contributed by atoms with Crippen LogP contribution in [-0.4, -0.2) is 28.7 Å². The highest BCUT2D eigenvalue weighted by atomic mass is 16.5. The lowest BCUT2D eigenvalue weighted by Crippen LogP contribution is -2.06. The molecule has 0 atom stereocenters. The Kier molecular flexibility index (Phi) is 17.1. The molecule has 3 aliphatic rings. The third-order valence-corrected chi connectivity index (χ3v) is 26.1. The molecule has 3 aromatic heterocycles. The topological polar surface area (TPSA) is 81.1 Å². The van der Waals surface area contributed by atoms with Crippen molar-refractivity contribution in [2.24, 2.45) is 0 Å². The SMILES string of the molecule is c1ccc(-c2c3ccccc3c(-c3ccc(-c4nc5cccc6c5n4-c4ccccc4O6)cc3)c3ccccc23)cc1.c1ccc(-c2c3ccccc3c(-c3cccc(-c4nc5cccc6c5n4-c4ccccc4O6)c3)c3ccccc23)cc1.c1ccc(-c2ccc3c(-c4ccc5ccccc5c4)c4ccccc4c(-c4nc5cccc6c5n4-c4ccccc4O6)c3c2)cc1. The van der Waals surface area contributed by atoms with Gasteiger partial charge in [-0.15, -0.1) is 0 Å². The first-order valence-corrected chi connectivity index (χ1v) is 44.1. The van der Waals surface area contributed by atoms with E-state index in [0.717, 1.165) is 119 Å². The molecule has 0 spiro atoms. The molecular weight excluding hydrogens is 1590 g/mol. The van der Waals surface area contributed by atoms with Crippen LogP contribution in [0.2, 0.25) is 0 Å². The fourth-order valence-corrected chi connectivity index (χ4v) is 20.5. The molecule has 0 saturated heterocycles. The number of rotatable bonds is 9. The highest BCUT2D eigenvalue weighted by Crippen LogP contribution is 2.54. The van der Waals surface area contributed by atoms with Gasteiger partial charge in [-0.3, -0.25) is 13.7 Å². The highest BCUT2D eigenvalue weighted by molar-refractivity contribution is 6.25. The van der Waals surface area contributed by atoms with Gasteiger partial charge in [0.2, 0.25) is 0 Å². The van der Waals surface area contributed by atoms with Crippen LogP contribution in [0.4, 0.5) is 0 Å². The summed E-state index contributed by atoms with van der Waals surface area (Å²) in [5.74, 6) is 7.71. The Bertz CT molecular complexity index is 8840. The van der Waals surface area contributed by atoms with Crippen molar-refractivity contribution in [2.45, 2.75) is 0 Å². The monoisotopic (exact) mass is 1660 g/mol. The molecule has 0 amide bonds. The molecule has 28 rings (SSSR count). The van der Waals surface area contributed by atoms with Crippen molar-refractivity contribution in [1.82, 2.24) is 28.7 Å².